The zero-order valence-electron chi connectivity index (χ0n) is 27.3. The number of rotatable bonds is 5. The van der Waals surface area contributed by atoms with Gasteiger partial charge < -0.3 is 4.74 Å². The third-order valence-electron chi connectivity index (χ3n) is 9.13. The lowest BCUT2D eigenvalue weighted by molar-refractivity contribution is 0.483. The van der Waals surface area contributed by atoms with Crippen molar-refractivity contribution in [3.8, 4) is 34.1 Å². The zero-order chi connectivity index (χ0) is 32.3. The summed E-state index contributed by atoms with van der Waals surface area (Å²) in [5, 5.41) is 2.34. The van der Waals surface area contributed by atoms with Crippen molar-refractivity contribution >= 4 is 32.8 Å². The van der Waals surface area contributed by atoms with Crippen molar-refractivity contribution in [3.63, 3.8) is 0 Å². The highest BCUT2D eigenvalue weighted by Gasteiger charge is 2.19. The number of aromatic nitrogens is 4. The lowest BCUT2D eigenvalue weighted by Crippen LogP contribution is -2.12. The molecule has 8 rings (SSSR count). The molecule has 0 atom stereocenters. The van der Waals surface area contributed by atoms with Crippen LogP contribution in [0.1, 0.15) is 37.5 Å². The fourth-order valence-corrected chi connectivity index (χ4v) is 6.74. The summed E-state index contributed by atoms with van der Waals surface area (Å²) < 4.78 is 10.9. The van der Waals surface area contributed by atoms with E-state index >= 15 is 0 Å². The first-order chi connectivity index (χ1) is 22.7. The molecule has 0 aliphatic heterocycles. The molecule has 5 nitrogen and oxygen atoms in total. The number of hydrogen-bond acceptors (Lipinski definition) is 3. The molecule has 3 aromatic heterocycles. The summed E-state index contributed by atoms with van der Waals surface area (Å²) in [6.07, 6.45) is 3.78. The number of aryl methyl sites for hydroxylation is 2. The van der Waals surface area contributed by atoms with E-state index in [0.717, 1.165) is 50.5 Å². The van der Waals surface area contributed by atoms with Crippen LogP contribution in [-0.2, 0) is 5.41 Å². The second-order valence-electron chi connectivity index (χ2n) is 13.4. The number of pyridine rings is 1. The maximum atomic E-state index is 6.56. The topological polar surface area (TPSA) is 44.9 Å². The molecule has 0 amide bonds. The highest BCUT2D eigenvalue weighted by Crippen LogP contribution is 2.39. The average Bonchev–Trinajstić information content (AvgIpc) is 3.63. The van der Waals surface area contributed by atoms with Gasteiger partial charge in [0.25, 0.3) is 0 Å². The van der Waals surface area contributed by atoms with Gasteiger partial charge in [0, 0.05) is 29.1 Å². The molecule has 0 saturated carbocycles. The lowest BCUT2D eigenvalue weighted by Gasteiger charge is -2.20. The summed E-state index contributed by atoms with van der Waals surface area (Å²) in [6, 6.07) is 40.3. The predicted molar refractivity (Wildman–Crippen MR) is 193 cm³/mol. The second-order valence-corrected chi connectivity index (χ2v) is 13.4. The van der Waals surface area contributed by atoms with Crippen LogP contribution in [0.3, 0.4) is 0 Å². The SMILES string of the molecule is Cc1cccc(C)c1-c1ccc2c(c1)c1ccc(Oc3cccc(-n4cnc5ccccc54)c3)cc1n2-c1cc(C(C)(C)C)ccn1. The van der Waals surface area contributed by atoms with Gasteiger partial charge in [0.1, 0.15) is 23.6 Å². The van der Waals surface area contributed by atoms with Crippen LogP contribution in [0, 0.1) is 13.8 Å². The van der Waals surface area contributed by atoms with Crippen LogP contribution < -0.4 is 4.74 Å². The quantitative estimate of drug-likeness (QED) is 0.194. The number of benzene rings is 5. The molecule has 230 valence electrons. The van der Waals surface area contributed by atoms with Crippen molar-refractivity contribution in [1.29, 1.82) is 0 Å². The monoisotopic (exact) mass is 612 g/mol. The van der Waals surface area contributed by atoms with Crippen LogP contribution in [0.5, 0.6) is 11.5 Å². The molecule has 0 saturated heterocycles. The number of fused-ring (bicyclic) bond motifs is 4. The maximum Gasteiger partial charge on any atom is 0.137 e. The Morgan fingerprint density at radius 3 is 2.23 bits per heavy atom. The van der Waals surface area contributed by atoms with Crippen molar-refractivity contribution in [2.45, 2.75) is 40.0 Å². The molecule has 8 aromatic rings. The Kier molecular flexibility index (Phi) is 6.73. The summed E-state index contributed by atoms with van der Waals surface area (Å²) in [4.78, 5) is 9.47. The van der Waals surface area contributed by atoms with E-state index < -0.39 is 0 Å². The number of hydrogen-bond donors (Lipinski definition) is 0. The fourth-order valence-electron chi connectivity index (χ4n) is 6.74. The Morgan fingerprint density at radius 1 is 0.617 bits per heavy atom. The fraction of sp³-hybridized carbons (Fsp3) is 0.143. The number of nitrogens with zero attached hydrogens (tertiary/aromatic N) is 4. The molecular weight excluding hydrogens is 576 g/mol. The molecular formula is C42H36N4O. The first-order valence-corrected chi connectivity index (χ1v) is 16.1. The molecule has 0 bridgehead atoms. The number of ether oxygens (including phenoxy) is 1. The Hall–Kier alpha value is -5.68. The van der Waals surface area contributed by atoms with Crippen LogP contribution in [0.2, 0.25) is 0 Å². The van der Waals surface area contributed by atoms with Gasteiger partial charge >= 0.3 is 0 Å². The van der Waals surface area contributed by atoms with E-state index in [9.17, 15) is 0 Å². The first kappa shape index (κ1) is 28.8. The summed E-state index contributed by atoms with van der Waals surface area (Å²) in [5.41, 5.74) is 11.4. The van der Waals surface area contributed by atoms with Gasteiger partial charge in [-0.05, 0) is 108 Å². The van der Waals surface area contributed by atoms with E-state index in [0.29, 0.717) is 0 Å². The Morgan fingerprint density at radius 2 is 1.40 bits per heavy atom. The van der Waals surface area contributed by atoms with Gasteiger partial charge in [0.15, 0.2) is 0 Å². The van der Waals surface area contributed by atoms with Gasteiger partial charge in [0.05, 0.1) is 27.8 Å². The lowest BCUT2D eigenvalue weighted by atomic mass is 9.88. The van der Waals surface area contributed by atoms with Gasteiger partial charge in [-0.15, -0.1) is 0 Å². The van der Waals surface area contributed by atoms with Crippen molar-refractivity contribution in [2.24, 2.45) is 0 Å². The van der Waals surface area contributed by atoms with E-state index in [-0.39, 0.29) is 5.41 Å². The predicted octanol–water partition coefficient (Wildman–Crippen LogP) is 10.9. The molecule has 0 aliphatic carbocycles. The molecule has 0 spiro atoms. The minimum absolute atomic E-state index is 0.00810. The van der Waals surface area contributed by atoms with E-state index in [1.54, 1.807) is 0 Å². The van der Waals surface area contributed by atoms with E-state index in [2.05, 4.69) is 134 Å². The van der Waals surface area contributed by atoms with Crippen molar-refractivity contribution < 1.29 is 4.74 Å². The van der Waals surface area contributed by atoms with E-state index in [4.69, 9.17) is 9.72 Å². The summed E-state index contributed by atoms with van der Waals surface area (Å²) >= 11 is 0. The van der Waals surface area contributed by atoms with Gasteiger partial charge in [-0.1, -0.05) is 63.2 Å². The number of para-hydroxylation sites is 2. The first-order valence-electron chi connectivity index (χ1n) is 16.1. The Balaban J connectivity index is 1.28. The van der Waals surface area contributed by atoms with Gasteiger partial charge in [-0.25, -0.2) is 9.97 Å². The van der Waals surface area contributed by atoms with Crippen molar-refractivity contribution in [2.75, 3.05) is 0 Å². The standard InChI is InChI=1S/C42H36N4O/c1-27-10-8-11-28(2)41(27)29-16-19-37-35(22-29)34-18-17-33(25-39(34)46(37)40-23-30(20-21-43-40)42(3,4)5)47-32-13-9-12-31(24-32)45-26-44-36-14-6-7-15-38(36)45/h6-26H,1-5H3. The maximum absolute atomic E-state index is 6.56. The molecule has 47 heavy (non-hydrogen) atoms. The Labute approximate surface area is 274 Å². The molecule has 5 heteroatoms. The molecule has 0 unspecified atom stereocenters. The highest BCUT2D eigenvalue weighted by molar-refractivity contribution is 6.10. The largest absolute Gasteiger partial charge is 0.457 e. The normalized spacial score (nSPS) is 11.9. The third kappa shape index (κ3) is 5.05. The minimum Gasteiger partial charge on any atom is -0.457 e. The summed E-state index contributed by atoms with van der Waals surface area (Å²) in [5.74, 6) is 2.41. The van der Waals surface area contributed by atoms with Crippen LogP contribution in [-0.4, -0.2) is 19.1 Å². The second kappa shape index (κ2) is 11.0. The van der Waals surface area contributed by atoms with Crippen molar-refractivity contribution in [3.05, 3.63) is 144 Å². The minimum atomic E-state index is -0.00810. The van der Waals surface area contributed by atoms with Crippen molar-refractivity contribution in [1.82, 2.24) is 19.1 Å². The van der Waals surface area contributed by atoms with Crippen LogP contribution in [0.4, 0.5) is 0 Å². The van der Waals surface area contributed by atoms with Crippen LogP contribution in [0.15, 0.2) is 128 Å². The highest BCUT2D eigenvalue weighted by atomic mass is 16.5. The molecule has 0 aliphatic rings. The van der Waals surface area contributed by atoms with E-state index in [1.165, 1.54) is 33.2 Å². The average molecular weight is 613 g/mol. The summed E-state index contributed by atoms with van der Waals surface area (Å²) in [6.45, 7) is 11.1. The van der Waals surface area contributed by atoms with Crippen LogP contribution >= 0.6 is 0 Å². The Bertz CT molecular complexity index is 2440. The molecule has 0 radical (unpaired) electrons. The van der Waals surface area contributed by atoms with Crippen LogP contribution in [0.25, 0.3) is 55.5 Å². The number of imidazole rings is 1. The molecule has 0 N–H and O–H groups in total. The van der Waals surface area contributed by atoms with Gasteiger partial charge in [-0.2, -0.15) is 0 Å². The zero-order valence-corrected chi connectivity index (χ0v) is 27.3. The summed E-state index contributed by atoms with van der Waals surface area (Å²) in [7, 11) is 0. The molecule has 5 aromatic carbocycles. The molecule has 3 heterocycles. The third-order valence-corrected chi connectivity index (χ3v) is 9.13. The molecule has 0 fully saturated rings. The smallest absolute Gasteiger partial charge is 0.137 e. The van der Waals surface area contributed by atoms with Gasteiger partial charge in [-0.3, -0.25) is 9.13 Å². The van der Waals surface area contributed by atoms with Gasteiger partial charge in [0.2, 0.25) is 0 Å². The van der Waals surface area contributed by atoms with E-state index in [1.807, 2.05) is 42.9 Å².